The summed E-state index contributed by atoms with van der Waals surface area (Å²) in [7, 11) is 0. The molecule has 6 nitrogen and oxygen atoms in total. The van der Waals surface area contributed by atoms with Gasteiger partial charge >= 0.3 is 5.97 Å². The van der Waals surface area contributed by atoms with Gasteiger partial charge < -0.3 is 20.3 Å². The van der Waals surface area contributed by atoms with Crippen LogP contribution in [0.4, 0.5) is 8.78 Å². The number of aliphatic carboxylic acids is 1. The van der Waals surface area contributed by atoms with Crippen molar-refractivity contribution in [3.05, 3.63) is 70.8 Å². The molecule has 0 aliphatic heterocycles. The number of benzene rings is 2. The molecule has 3 rings (SSSR count). The van der Waals surface area contributed by atoms with Crippen LogP contribution < -0.4 is 15.2 Å². The summed E-state index contributed by atoms with van der Waals surface area (Å²) in [5.74, 6) is -4.64. The Morgan fingerprint density at radius 1 is 1.13 bits per heavy atom. The van der Waals surface area contributed by atoms with Crippen LogP contribution in [0.25, 0.3) is 11.1 Å². The van der Waals surface area contributed by atoms with E-state index in [1.54, 1.807) is 19.1 Å². The topological polar surface area (TPSA) is 94.7 Å². The van der Waals surface area contributed by atoms with Crippen LogP contribution in [-0.4, -0.2) is 22.2 Å². The highest BCUT2D eigenvalue weighted by molar-refractivity contribution is 6.31. The second-order valence-electron chi connectivity index (χ2n) is 6.60. The van der Waals surface area contributed by atoms with Crippen LogP contribution in [0.1, 0.15) is 18.9 Å². The van der Waals surface area contributed by atoms with Crippen molar-refractivity contribution in [2.45, 2.75) is 26.0 Å². The van der Waals surface area contributed by atoms with E-state index in [4.69, 9.17) is 31.9 Å². The van der Waals surface area contributed by atoms with Gasteiger partial charge in [0.2, 0.25) is 0 Å². The number of carboxylic acids is 1. The fourth-order valence-electron chi connectivity index (χ4n) is 2.81. The predicted octanol–water partition coefficient (Wildman–Crippen LogP) is 5.17. The highest BCUT2D eigenvalue weighted by Crippen LogP contribution is 2.33. The standard InChI is InChI=1S/C22H19ClF2N2O4/c1-2-19(22(28)29)31-21-18(25)10-17(24)20(27-21)30-16-8-14(7-15(23)9-16)13-5-3-4-12(6-13)11-26/h3-10,19H,2,11,26H2,1H3,(H,28,29)/t19-/m1/s1. The molecule has 1 aromatic heterocycles. The average molecular weight is 449 g/mol. The third kappa shape index (κ3) is 5.48. The number of pyridine rings is 1. The number of hydrogen-bond donors (Lipinski definition) is 2. The number of carbonyl (C=O) groups is 1. The summed E-state index contributed by atoms with van der Waals surface area (Å²) in [6.45, 7) is 1.91. The lowest BCUT2D eigenvalue weighted by atomic mass is 10.0. The summed E-state index contributed by atoms with van der Waals surface area (Å²) in [5, 5.41) is 9.41. The zero-order chi connectivity index (χ0) is 22.5. The Hall–Kier alpha value is -3.23. The molecule has 3 aromatic rings. The van der Waals surface area contributed by atoms with Gasteiger partial charge in [0.15, 0.2) is 17.7 Å². The summed E-state index contributed by atoms with van der Waals surface area (Å²) in [4.78, 5) is 14.8. The maximum atomic E-state index is 14.3. The van der Waals surface area contributed by atoms with Gasteiger partial charge in [-0.15, -0.1) is 0 Å². The Bertz CT molecular complexity index is 1110. The Morgan fingerprint density at radius 3 is 2.55 bits per heavy atom. The molecule has 1 heterocycles. The van der Waals surface area contributed by atoms with Crippen molar-refractivity contribution in [2.24, 2.45) is 5.73 Å². The highest BCUT2D eigenvalue weighted by atomic mass is 35.5. The molecule has 0 bridgehead atoms. The van der Waals surface area contributed by atoms with Crippen LogP contribution in [-0.2, 0) is 11.3 Å². The van der Waals surface area contributed by atoms with E-state index in [1.165, 1.54) is 6.07 Å². The van der Waals surface area contributed by atoms with E-state index in [-0.39, 0.29) is 12.2 Å². The SMILES string of the molecule is CC[C@@H](Oc1nc(Oc2cc(Cl)cc(-c3cccc(CN)c3)c2)c(F)cc1F)C(=O)O. The second kappa shape index (κ2) is 9.72. The minimum absolute atomic E-state index is 0.0591. The largest absolute Gasteiger partial charge is 0.479 e. The number of carboxylic acid groups (broad SMARTS) is 1. The van der Waals surface area contributed by atoms with E-state index in [0.29, 0.717) is 23.2 Å². The van der Waals surface area contributed by atoms with Crippen molar-refractivity contribution >= 4 is 17.6 Å². The lowest BCUT2D eigenvalue weighted by Gasteiger charge is -2.14. The van der Waals surface area contributed by atoms with Crippen LogP contribution in [0.5, 0.6) is 17.5 Å². The summed E-state index contributed by atoms with van der Waals surface area (Å²) in [6, 6.07) is 12.7. The number of ether oxygens (including phenoxy) is 2. The Morgan fingerprint density at radius 2 is 1.87 bits per heavy atom. The lowest BCUT2D eigenvalue weighted by molar-refractivity contribution is -0.145. The molecule has 0 saturated heterocycles. The van der Waals surface area contributed by atoms with E-state index >= 15 is 0 Å². The summed E-state index contributed by atoms with van der Waals surface area (Å²) >= 11 is 6.19. The molecule has 0 aliphatic carbocycles. The smallest absolute Gasteiger partial charge is 0.344 e. The molecular formula is C22H19ClF2N2O4. The average Bonchev–Trinajstić information content (AvgIpc) is 2.74. The third-order valence-electron chi connectivity index (χ3n) is 4.35. The van der Waals surface area contributed by atoms with Crippen LogP contribution in [0.3, 0.4) is 0 Å². The Labute approximate surface area is 182 Å². The van der Waals surface area contributed by atoms with E-state index in [0.717, 1.165) is 11.1 Å². The van der Waals surface area contributed by atoms with Crippen LogP contribution in [0, 0.1) is 11.6 Å². The van der Waals surface area contributed by atoms with Gasteiger partial charge in [0.05, 0.1) is 0 Å². The zero-order valence-corrected chi connectivity index (χ0v) is 17.2. The van der Waals surface area contributed by atoms with Crippen LogP contribution >= 0.6 is 11.6 Å². The Balaban J connectivity index is 1.94. The number of rotatable bonds is 8. The molecular weight excluding hydrogens is 430 g/mol. The number of nitrogens with two attached hydrogens (primary N) is 1. The normalized spacial score (nSPS) is 11.8. The quantitative estimate of drug-likeness (QED) is 0.493. The van der Waals surface area contributed by atoms with Crippen LogP contribution in [0.15, 0.2) is 48.5 Å². The molecule has 162 valence electrons. The highest BCUT2D eigenvalue weighted by Gasteiger charge is 2.22. The summed E-state index contributed by atoms with van der Waals surface area (Å²) in [6.07, 6.45) is -1.28. The van der Waals surface area contributed by atoms with Gasteiger partial charge in [0.25, 0.3) is 11.8 Å². The molecule has 9 heteroatoms. The summed E-state index contributed by atoms with van der Waals surface area (Å²) < 4.78 is 38.9. The monoisotopic (exact) mass is 448 g/mol. The van der Waals surface area contributed by atoms with Crippen molar-refractivity contribution in [1.29, 1.82) is 0 Å². The summed E-state index contributed by atoms with van der Waals surface area (Å²) in [5.41, 5.74) is 8.11. The minimum Gasteiger partial charge on any atom is -0.479 e. The molecule has 31 heavy (non-hydrogen) atoms. The van der Waals surface area contributed by atoms with Gasteiger partial charge in [0.1, 0.15) is 5.75 Å². The fraction of sp³-hybridized carbons (Fsp3) is 0.182. The first-order valence-electron chi connectivity index (χ1n) is 9.34. The van der Waals surface area contributed by atoms with E-state index in [1.807, 2.05) is 24.3 Å². The molecule has 0 spiro atoms. The van der Waals surface area contributed by atoms with Gasteiger partial charge in [-0.05, 0) is 47.4 Å². The van der Waals surface area contributed by atoms with Crippen LogP contribution in [0.2, 0.25) is 5.02 Å². The van der Waals surface area contributed by atoms with Crippen molar-refractivity contribution in [2.75, 3.05) is 0 Å². The fourth-order valence-corrected chi connectivity index (χ4v) is 3.03. The minimum atomic E-state index is -1.34. The Kier molecular flexibility index (Phi) is 7.04. The van der Waals surface area contributed by atoms with E-state index < -0.39 is 35.5 Å². The maximum Gasteiger partial charge on any atom is 0.344 e. The van der Waals surface area contributed by atoms with Gasteiger partial charge in [-0.1, -0.05) is 36.7 Å². The van der Waals surface area contributed by atoms with Crippen molar-refractivity contribution < 1.29 is 28.2 Å². The molecule has 2 aromatic carbocycles. The van der Waals surface area contributed by atoms with Crippen molar-refractivity contribution in [3.63, 3.8) is 0 Å². The molecule has 0 aliphatic rings. The third-order valence-corrected chi connectivity index (χ3v) is 4.57. The number of hydrogen-bond acceptors (Lipinski definition) is 5. The van der Waals surface area contributed by atoms with Crippen molar-refractivity contribution in [3.8, 4) is 28.6 Å². The molecule has 3 N–H and O–H groups in total. The number of halogens is 3. The van der Waals surface area contributed by atoms with Gasteiger partial charge in [-0.3, -0.25) is 0 Å². The van der Waals surface area contributed by atoms with E-state index in [2.05, 4.69) is 4.98 Å². The van der Waals surface area contributed by atoms with E-state index in [9.17, 15) is 13.6 Å². The lowest BCUT2D eigenvalue weighted by Crippen LogP contribution is -2.26. The van der Waals surface area contributed by atoms with Gasteiger partial charge in [0, 0.05) is 17.6 Å². The molecule has 0 saturated carbocycles. The first-order valence-corrected chi connectivity index (χ1v) is 9.71. The second-order valence-corrected chi connectivity index (χ2v) is 7.03. The zero-order valence-electron chi connectivity index (χ0n) is 16.4. The van der Waals surface area contributed by atoms with Gasteiger partial charge in [-0.2, -0.15) is 4.98 Å². The number of aromatic nitrogens is 1. The van der Waals surface area contributed by atoms with Gasteiger partial charge in [-0.25, -0.2) is 13.6 Å². The first-order chi connectivity index (χ1) is 14.8. The molecule has 0 radical (unpaired) electrons. The molecule has 0 unspecified atom stereocenters. The molecule has 0 fully saturated rings. The molecule has 1 atom stereocenters. The van der Waals surface area contributed by atoms with Crippen molar-refractivity contribution in [1.82, 2.24) is 4.98 Å². The number of nitrogens with zero attached hydrogens (tertiary/aromatic N) is 1. The predicted molar refractivity (Wildman–Crippen MR) is 111 cm³/mol. The first kappa shape index (κ1) is 22.5. The molecule has 0 amide bonds. The maximum absolute atomic E-state index is 14.3.